The number of carbonyl (C=O) groups excluding carboxylic acids is 2. The number of ether oxygens (including phenoxy) is 1. The highest BCUT2D eigenvalue weighted by atomic mass is 19.1. The van der Waals surface area contributed by atoms with Crippen molar-refractivity contribution in [2.24, 2.45) is 5.92 Å². The number of piperidine rings is 1. The number of anilines is 1. The van der Waals surface area contributed by atoms with Gasteiger partial charge in [-0.2, -0.15) is 0 Å². The fourth-order valence-corrected chi connectivity index (χ4v) is 3.08. The number of carbonyl (C=O) groups is 2. The summed E-state index contributed by atoms with van der Waals surface area (Å²) in [6.45, 7) is 2.86. The van der Waals surface area contributed by atoms with Crippen molar-refractivity contribution in [1.29, 1.82) is 0 Å². The SMILES string of the molecule is O=C(Nc1ccc(F)cc1)C1CCN(C(=O)C2COCCN2)CC1. The topological polar surface area (TPSA) is 70.7 Å². The summed E-state index contributed by atoms with van der Waals surface area (Å²) >= 11 is 0. The third-order valence-electron chi connectivity index (χ3n) is 4.51. The van der Waals surface area contributed by atoms with Crippen LogP contribution in [0.25, 0.3) is 0 Å². The molecule has 1 unspecified atom stereocenters. The van der Waals surface area contributed by atoms with E-state index in [-0.39, 0.29) is 29.6 Å². The van der Waals surface area contributed by atoms with Crippen molar-refractivity contribution in [3.8, 4) is 0 Å². The molecular weight excluding hydrogens is 313 g/mol. The Kier molecular flexibility index (Phi) is 5.42. The van der Waals surface area contributed by atoms with Gasteiger partial charge in [0.05, 0.1) is 13.2 Å². The van der Waals surface area contributed by atoms with Crippen molar-refractivity contribution in [3.05, 3.63) is 30.1 Å². The number of amides is 2. The maximum absolute atomic E-state index is 12.9. The first-order valence-corrected chi connectivity index (χ1v) is 8.30. The third-order valence-corrected chi connectivity index (χ3v) is 4.51. The van der Waals surface area contributed by atoms with Crippen LogP contribution in [0.3, 0.4) is 0 Å². The van der Waals surface area contributed by atoms with Crippen LogP contribution in [0.4, 0.5) is 10.1 Å². The highest BCUT2D eigenvalue weighted by Gasteiger charge is 2.31. The molecule has 0 saturated carbocycles. The lowest BCUT2D eigenvalue weighted by atomic mass is 9.95. The molecule has 2 aliphatic heterocycles. The first kappa shape index (κ1) is 16.9. The van der Waals surface area contributed by atoms with Gasteiger partial charge in [-0.25, -0.2) is 4.39 Å². The lowest BCUT2D eigenvalue weighted by Crippen LogP contribution is -2.54. The molecule has 2 fully saturated rings. The number of hydrogen-bond acceptors (Lipinski definition) is 4. The minimum Gasteiger partial charge on any atom is -0.378 e. The maximum Gasteiger partial charge on any atom is 0.242 e. The van der Waals surface area contributed by atoms with Gasteiger partial charge in [0.15, 0.2) is 0 Å². The molecular formula is C17H22FN3O3. The lowest BCUT2D eigenvalue weighted by molar-refractivity contribution is -0.139. The van der Waals surface area contributed by atoms with Gasteiger partial charge in [-0.05, 0) is 37.1 Å². The van der Waals surface area contributed by atoms with E-state index < -0.39 is 0 Å². The van der Waals surface area contributed by atoms with E-state index in [4.69, 9.17) is 4.74 Å². The average Bonchev–Trinajstić information content (AvgIpc) is 2.64. The van der Waals surface area contributed by atoms with Gasteiger partial charge < -0.3 is 20.3 Å². The molecule has 1 aromatic rings. The predicted molar refractivity (Wildman–Crippen MR) is 86.9 cm³/mol. The number of hydrogen-bond donors (Lipinski definition) is 2. The Hall–Kier alpha value is -1.99. The molecule has 3 rings (SSSR count). The largest absolute Gasteiger partial charge is 0.378 e. The van der Waals surface area contributed by atoms with Crippen molar-refractivity contribution < 1.29 is 18.7 Å². The molecule has 2 saturated heterocycles. The van der Waals surface area contributed by atoms with E-state index in [1.807, 2.05) is 0 Å². The van der Waals surface area contributed by atoms with Crippen LogP contribution in [0, 0.1) is 11.7 Å². The third kappa shape index (κ3) is 4.10. The summed E-state index contributed by atoms with van der Waals surface area (Å²) in [7, 11) is 0. The molecule has 0 aromatic heterocycles. The van der Waals surface area contributed by atoms with Crippen LogP contribution < -0.4 is 10.6 Å². The van der Waals surface area contributed by atoms with E-state index in [2.05, 4.69) is 10.6 Å². The van der Waals surface area contributed by atoms with E-state index in [9.17, 15) is 14.0 Å². The Morgan fingerprint density at radius 2 is 1.92 bits per heavy atom. The summed E-state index contributed by atoms with van der Waals surface area (Å²) in [5.41, 5.74) is 0.587. The van der Waals surface area contributed by atoms with Gasteiger partial charge in [-0.3, -0.25) is 9.59 Å². The number of morpholine rings is 1. The number of nitrogens with zero attached hydrogens (tertiary/aromatic N) is 1. The zero-order chi connectivity index (χ0) is 16.9. The Labute approximate surface area is 140 Å². The summed E-state index contributed by atoms with van der Waals surface area (Å²) in [5.74, 6) is -0.491. The van der Waals surface area contributed by atoms with E-state index in [1.165, 1.54) is 12.1 Å². The summed E-state index contributed by atoms with van der Waals surface area (Å²) in [6, 6.07) is 5.44. The molecule has 0 spiro atoms. The Morgan fingerprint density at radius 3 is 2.54 bits per heavy atom. The van der Waals surface area contributed by atoms with Crippen molar-refractivity contribution >= 4 is 17.5 Å². The van der Waals surface area contributed by atoms with Crippen LogP contribution in [0.5, 0.6) is 0 Å². The number of likely N-dealkylation sites (tertiary alicyclic amines) is 1. The highest BCUT2D eigenvalue weighted by Crippen LogP contribution is 2.20. The van der Waals surface area contributed by atoms with Crippen molar-refractivity contribution in [3.63, 3.8) is 0 Å². The zero-order valence-electron chi connectivity index (χ0n) is 13.5. The van der Waals surface area contributed by atoms with Gasteiger partial charge in [-0.1, -0.05) is 0 Å². The standard InChI is InChI=1S/C17H22FN3O3/c18-13-1-3-14(4-2-13)20-16(22)12-5-8-21(9-6-12)17(23)15-11-24-10-7-19-15/h1-4,12,15,19H,5-11H2,(H,20,22). The molecule has 130 valence electrons. The minimum atomic E-state index is -0.333. The van der Waals surface area contributed by atoms with Crippen LogP contribution in [-0.4, -0.2) is 55.6 Å². The Bertz CT molecular complexity index is 579. The molecule has 1 atom stereocenters. The van der Waals surface area contributed by atoms with Gasteiger partial charge >= 0.3 is 0 Å². The van der Waals surface area contributed by atoms with Crippen LogP contribution in [0.1, 0.15) is 12.8 Å². The van der Waals surface area contributed by atoms with Gasteiger partial charge in [0.2, 0.25) is 11.8 Å². The van der Waals surface area contributed by atoms with Gasteiger partial charge in [0.1, 0.15) is 11.9 Å². The van der Waals surface area contributed by atoms with Crippen molar-refractivity contribution in [2.75, 3.05) is 38.2 Å². The second-order valence-electron chi connectivity index (χ2n) is 6.18. The van der Waals surface area contributed by atoms with Crippen molar-refractivity contribution in [2.45, 2.75) is 18.9 Å². The zero-order valence-corrected chi connectivity index (χ0v) is 13.5. The minimum absolute atomic E-state index is 0.0482. The van der Waals surface area contributed by atoms with E-state index in [1.54, 1.807) is 17.0 Å². The second kappa shape index (κ2) is 7.72. The van der Waals surface area contributed by atoms with Crippen LogP contribution >= 0.6 is 0 Å². The first-order valence-electron chi connectivity index (χ1n) is 8.30. The Balaban J connectivity index is 1.48. The van der Waals surface area contributed by atoms with E-state index in [0.29, 0.717) is 51.4 Å². The fourth-order valence-electron chi connectivity index (χ4n) is 3.08. The smallest absolute Gasteiger partial charge is 0.242 e. The molecule has 0 radical (unpaired) electrons. The number of benzene rings is 1. The van der Waals surface area contributed by atoms with Crippen LogP contribution in [0.15, 0.2) is 24.3 Å². The second-order valence-corrected chi connectivity index (χ2v) is 6.18. The lowest BCUT2D eigenvalue weighted by Gasteiger charge is -2.35. The molecule has 24 heavy (non-hydrogen) atoms. The molecule has 2 amide bonds. The maximum atomic E-state index is 12.9. The number of halogens is 1. The normalized spacial score (nSPS) is 22.2. The number of nitrogens with one attached hydrogen (secondary N) is 2. The molecule has 2 N–H and O–H groups in total. The summed E-state index contributed by atoms with van der Waals surface area (Å²) in [6.07, 6.45) is 1.26. The molecule has 7 heteroatoms. The molecule has 2 heterocycles. The van der Waals surface area contributed by atoms with Gasteiger partial charge in [0.25, 0.3) is 0 Å². The summed E-state index contributed by atoms with van der Waals surface area (Å²) < 4.78 is 18.2. The Morgan fingerprint density at radius 1 is 1.21 bits per heavy atom. The van der Waals surface area contributed by atoms with Crippen LogP contribution in [-0.2, 0) is 14.3 Å². The number of rotatable bonds is 3. The summed E-state index contributed by atoms with van der Waals surface area (Å²) in [4.78, 5) is 26.5. The predicted octanol–water partition coefficient (Wildman–Crippen LogP) is 0.991. The van der Waals surface area contributed by atoms with E-state index >= 15 is 0 Å². The average molecular weight is 335 g/mol. The molecule has 0 bridgehead atoms. The molecule has 0 aliphatic carbocycles. The fraction of sp³-hybridized carbons (Fsp3) is 0.529. The molecule has 2 aliphatic rings. The first-order chi connectivity index (χ1) is 11.6. The van der Waals surface area contributed by atoms with Gasteiger partial charge in [0, 0.05) is 31.2 Å². The van der Waals surface area contributed by atoms with E-state index in [0.717, 1.165) is 0 Å². The highest BCUT2D eigenvalue weighted by molar-refractivity contribution is 5.92. The van der Waals surface area contributed by atoms with Crippen LogP contribution in [0.2, 0.25) is 0 Å². The summed E-state index contributed by atoms with van der Waals surface area (Å²) in [5, 5.41) is 5.97. The van der Waals surface area contributed by atoms with Gasteiger partial charge in [-0.15, -0.1) is 0 Å². The molecule has 6 nitrogen and oxygen atoms in total. The quantitative estimate of drug-likeness (QED) is 0.864. The monoisotopic (exact) mass is 335 g/mol. The molecule has 1 aromatic carbocycles. The van der Waals surface area contributed by atoms with Crippen molar-refractivity contribution in [1.82, 2.24) is 10.2 Å².